The number of nitrogens with one attached hydrogen (secondary N) is 1. The van der Waals surface area contributed by atoms with Crippen LogP contribution in [0.3, 0.4) is 0 Å². The summed E-state index contributed by atoms with van der Waals surface area (Å²) in [5.41, 5.74) is 9.01. The Balaban J connectivity index is 2.23. The molecule has 0 saturated heterocycles. The number of anilines is 2. The molecule has 0 radical (unpaired) electrons. The van der Waals surface area contributed by atoms with Crippen molar-refractivity contribution >= 4 is 27.3 Å². The van der Waals surface area contributed by atoms with Gasteiger partial charge in [0.15, 0.2) is 0 Å². The Kier molecular flexibility index (Phi) is 4.26. The summed E-state index contributed by atoms with van der Waals surface area (Å²) in [6.45, 7) is 2.17. The largest absolute Gasteiger partial charge is 0.397 e. The first-order chi connectivity index (χ1) is 8.70. The lowest BCUT2D eigenvalue weighted by atomic mass is 10.0. The average molecular weight is 305 g/mol. The normalized spacial score (nSPS) is 12.1. The molecule has 94 valence electrons. The van der Waals surface area contributed by atoms with E-state index in [1.54, 1.807) is 0 Å². The molecule has 0 saturated carbocycles. The molecular weight excluding hydrogens is 288 g/mol. The zero-order valence-electron chi connectivity index (χ0n) is 10.4. The smallest absolute Gasteiger partial charge is 0.0590 e. The van der Waals surface area contributed by atoms with Crippen molar-refractivity contribution in [2.75, 3.05) is 11.1 Å². The SMILES string of the molecule is CC[C@@H](Nc1cc(Br)ccc1N)c1ccccc1. The predicted molar refractivity (Wildman–Crippen MR) is 81.7 cm³/mol. The van der Waals surface area contributed by atoms with Gasteiger partial charge in [-0.05, 0) is 30.2 Å². The number of nitrogens with two attached hydrogens (primary N) is 1. The van der Waals surface area contributed by atoms with E-state index in [4.69, 9.17) is 5.73 Å². The zero-order chi connectivity index (χ0) is 13.0. The quantitative estimate of drug-likeness (QED) is 0.811. The Morgan fingerprint density at radius 2 is 1.89 bits per heavy atom. The molecule has 2 rings (SSSR count). The van der Waals surface area contributed by atoms with Gasteiger partial charge in [0.05, 0.1) is 17.4 Å². The second-order valence-electron chi connectivity index (χ2n) is 4.25. The second-order valence-corrected chi connectivity index (χ2v) is 5.16. The van der Waals surface area contributed by atoms with Crippen molar-refractivity contribution in [1.82, 2.24) is 0 Å². The van der Waals surface area contributed by atoms with E-state index in [-0.39, 0.29) is 6.04 Å². The molecule has 0 aliphatic carbocycles. The van der Waals surface area contributed by atoms with Crippen LogP contribution in [-0.4, -0.2) is 0 Å². The van der Waals surface area contributed by atoms with Gasteiger partial charge in [0, 0.05) is 4.47 Å². The summed E-state index contributed by atoms with van der Waals surface area (Å²) in [6, 6.07) is 16.6. The fourth-order valence-electron chi connectivity index (χ4n) is 1.95. The molecule has 0 aliphatic rings. The van der Waals surface area contributed by atoms with Crippen LogP contribution in [-0.2, 0) is 0 Å². The number of hydrogen-bond donors (Lipinski definition) is 2. The standard InChI is InChI=1S/C15H17BrN2/c1-2-14(11-6-4-3-5-7-11)18-15-10-12(16)8-9-13(15)17/h3-10,14,18H,2,17H2,1H3/t14-/m1/s1. The fourth-order valence-corrected chi connectivity index (χ4v) is 2.31. The third kappa shape index (κ3) is 3.05. The highest BCUT2D eigenvalue weighted by Crippen LogP contribution is 2.28. The Bertz CT molecular complexity index is 511. The van der Waals surface area contributed by atoms with Gasteiger partial charge in [0.2, 0.25) is 0 Å². The summed E-state index contributed by atoms with van der Waals surface area (Å²) in [6.07, 6.45) is 1.01. The molecule has 0 aromatic heterocycles. The van der Waals surface area contributed by atoms with Gasteiger partial charge in [0.25, 0.3) is 0 Å². The minimum Gasteiger partial charge on any atom is -0.397 e. The molecule has 0 heterocycles. The molecule has 0 amide bonds. The van der Waals surface area contributed by atoms with Gasteiger partial charge in [-0.3, -0.25) is 0 Å². The molecule has 3 N–H and O–H groups in total. The molecule has 0 unspecified atom stereocenters. The zero-order valence-corrected chi connectivity index (χ0v) is 11.9. The van der Waals surface area contributed by atoms with Crippen LogP contribution in [0.4, 0.5) is 11.4 Å². The van der Waals surface area contributed by atoms with Crippen molar-refractivity contribution in [2.45, 2.75) is 19.4 Å². The van der Waals surface area contributed by atoms with Crippen LogP contribution < -0.4 is 11.1 Å². The second kappa shape index (κ2) is 5.91. The van der Waals surface area contributed by atoms with Gasteiger partial charge in [0.1, 0.15) is 0 Å². The third-order valence-electron chi connectivity index (χ3n) is 2.96. The number of hydrogen-bond acceptors (Lipinski definition) is 2. The minimum atomic E-state index is 0.280. The van der Waals surface area contributed by atoms with E-state index in [2.05, 4.69) is 52.4 Å². The first-order valence-corrected chi connectivity index (χ1v) is 6.86. The van der Waals surface area contributed by atoms with Gasteiger partial charge in [-0.15, -0.1) is 0 Å². The highest BCUT2D eigenvalue weighted by Gasteiger charge is 2.10. The summed E-state index contributed by atoms with van der Waals surface area (Å²) < 4.78 is 1.03. The van der Waals surface area contributed by atoms with E-state index in [0.717, 1.165) is 22.3 Å². The molecule has 2 nitrogen and oxygen atoms in total. The molecule has 2 aromatic carbocycles. The lowest BCUT2D eigenvalue weighted by Crippen LogP contribution is -2.10. The molecule has 18 heavy (non-hydrogen) atoms. The van der Waals surface area contributed by atoms with Crippen molar-refractivity contribution < 1.29 is 0 Å². The van der Waals surface area contributed by atoms with E-state index in [1.807, 2.05) is 24.3 Å². The number of rotatable bonds is 4. The molecule has 0 fully saturated rings. The Morgan fingerprint density at radius 1 is 1.17 bits per heavy atom. The molecule has 0 aliphatic heterocycles. The first kappa shape index (κ1) is 13.0. The Labute approximate surface area is 116 Å². The fraction of sp³-hybridized carbons (Fsp3) is 0.200. The van der Waals surface area contributed by atoms with Crippen LogP contribution in [0.25, 0.3) is 0 Å². The van der Waals surface area contributed by atoms with Crippen LogP contribution >= 0.6 is 15.9 Å². The monoisotopic (exact) mass is 304 g/mol. The highest BCUT2D eigenvalue weighted by atomic mass is 79.9. The van der Waals surface area contributed by atoms with Crippen molar-refractivity contribution in [3.05, 3.63) is 58.6 Å². The van der Waals surface area contributed by atoms with Crippen molar-refractivity contribution in [1.29, 1.82) is 0 Å². The summed E-state index contributed by atoms with van der Waals surface area (Å²) >= 11 is 3.47. The number of nitrogen functional groups attached to an aromatic ring is 1. The summed E-state index contributed by atoms with van der Waals surface area (Å²) in [4.78, 5) is 0. The molecule has 0 spiro atoms. The summed E-state index contributed by atoms with van der Waals surface area (Å²) in [5.74, 6) is 0. The minimum absolute atomic E-state index is 0.280. The molecule has 0 bridgehead atoms. The predicted octanol–water partition coefficient (Wildman–Crippen LogP) is 4.59. The van der Waals surface area contributed by atoms with E-state index in [0.29, 0.717) is 0 Å². The van der Waals surface area contributed by atoms with Gasteiger partial charge < -0.3 is 11.1 Å². The molecule has 2 aromatic rings. The lowest BCUT2D eigenvalue weighted by molar-refractivity contribution is 0.750. The first-order valence-electron chi connectivity index (χ1n) is 6.07. The topological polar surface area (TPSA) is 38.0 Å². The average Bonchev–Trinajstić information content (AvgIpc) is 2.41. The molecule has 1 atom stereocenters. The van der Waals surface area contributed by atoms with Crippen LogP contribution in [0.5, 0.6) is 0 Å². The van der Waals surface area contributed by atoms with Gasteiger partial charge in [-0.1, -0.05) is 53.2 Å². The van der Waals surface area contributed by atoms with Crippen LogP contribution in [0, 0.1) is 0 Å². The lowest BCUT2D eigenvalue weighted by Gasteiger charge is -2.20. The van der Waals surface area contributed by atoms with Crippen molar-refractivity contribution in [3.8, 4) is 0 Å². The highest BCUT2D eigenvalue weighted by molar-refractivity contribution is 9.10. The van der Waals surface area contributed by atoms with E-state index in [1.165, 1.54) is 5.56 Å². The van der Waals surface area contributed by atoms with Gasteiger partial charge in [-0.25, -0.2) is 0 Å². The van der Waals surface area contributed by atoms with E-state index in [9.17, 15) is 0 Å². The maximum Gasteiger partial charge on any atom is 0.0590 e. The number of halogens is 1. The molecular formula is C15H17BrN2. The van der Waals surface area contributed by atoms with E-state index >= 15 is 0 Å². The molecule has 3 heteroatoms. The van der Waals surface area contributed by atoms with Gasteiger partial charge >= 0.3 is 0 Å². The summed E-state index contributed by atoms with van der Waals surface area (Å²) in [7, 11) is 0. The Morgan fingerprint density at radius 3 is 2.56 bits per heavy atom. The number of benzene rings is 2. The summed E-state index contributed by atoms with van der Waals surface area (Å²) in [5, 5.41) is 3.50. The van der Waals surface area contributed by atoms with Crippen molar-refractivity contribution in [3.63, 3.8) is 0 Å². The van der Waals surface area contributed by atoms with Gasteiger partial charge in [-0.2, -0.15) is 0 Å². The maximum atomic E-state index is 5.99. The third-order valence-corrected chi connectivity index (χ3v) is 3.45. The van der Waals surface area contributed by atoms with Crippen molar-refractivity contribution in [2.24, 2.45) is 0 Å². The van der Waals surface area contributed by atoms with Crippen LogP contribution in [0.2, 0.25) is 0 Å². The van der Waals surface area contributed by atoms with Crippen LogP contribution in [0.1, 0.15) is 24.9 Å². The van der Waals surface area contributed by atoms with E-state index < -0.39 is 0 Å². The maximum absolute atomic E-state index is 5.99. The Hall–Kier alpha value is -1.48. The van der Waals surface area contributed by atoms with Crippen LogP contribution in [0.15, 0.2) is 53.0 Å².